The van der Waals surface area contributed by atoms with E-state index in [0.717, 1.165) is 26.3 Å². The summed E-state index contributed by atoms with van der Waals surface area (Å²) in [5.41, 5.74) is 0.961. The molecule has 6 nitrogen and oxygen atoms in total. The molecule has 4 rings (SSSR count). The Balaban J connectivity index is 1.31. The highest BCUT2D eigenvalue weighted by atomic mass is 32.2. The number of rotatable bonds is 7. The minimum atomic E-state index is -0.0658. The van der Waals surface area contributed by atoms with Gasteiger partial charge < -0.3 is 14.8 Å². The van der Waals surface area contributed by atoms with Crippen LogP contribution in [-0.4, -0.2) is 28.4 Å². The molecule has 0 unspecified atom stereocenters. The number of nitrogens with one attached hydrogen (secondary N) is 1. The van der Waals surface area contributed by atoms with Crippen molar-refractivity contribution in [1.29, 1.82) is 0 Å². The predicted molar refractivity (Wildman–Crippen MR) is 108 cm³/mol. The molecule has 0 spiro atoms. The Labute approximate surface area is 171 Å². The molecule has 1 aromatic heterocycles. The van der Waals surface area contributed by atoms with Crippen molar-refractivity contribution < 1.29 is 14.3 Å². The van der Waals surface area contributed by atoms with Crippen molar-refractivity contribution >= 4 is 29.4 Å². The molecule has 0 bridgehead atoms. The Morgan fingerprint density at radius 3 is 2.64 bits per heavy atom. The maximum Gasteiger partial charge on any atom is 0.231 e. The quantitative estimate of drug-likeness (QED) is 0.593. The lowest BCUT2D eigenvalue weighted by Gasteiger charge is -2.08. The molecule has 2 heterocycles. The van der Waals surface area contributed by atoms with Gasteiger partial charge in [-0.2, -0.15) is 0 Å². The van der Waals surface area contributed by atoms with Gasteiger partial charge in [-0.25, -0.2) is 9.97 Å². The van der Waals surface area contributed by atoms with E-state index < -0.39 is 0 Å². The average Bonchev–Trinajstić information content (AvgIpc) is 3.20. The fraction of sp³-hybridized carbons (Fsp3) is 0.150. The largest absolute Gasteiger partial charge is 0.454 e. The molecule has 3 aromatic rings. The van der Waals surface area contributed by atoms with Crippen molar-refractivity contribution in [2.75, 3.05) is 12.5 Å². The van der Waals surface area contributed by atoms with Crippen LogP contribution in [0.3, 0.4) is 0 Å². The van der Waals surface area contributed by atoms with E-state index in [1.54, 1.807) is 12.4 Å². The maximum absolute atomic E-state index is 12.3. The van der Waals surface area contributed by atoms with Gasteiger partial charge in [0.1, 0.15) is 10.1 Å². The van der Waals surface area contributed by atoms with Gasteiger partial charge in [0.05, 0.1) is 5.75 Å². The van der Waals surface area contributed by atoms with Gasteiger partial charge in [0.25, 0.3) is 0 Å². The van der Waals surface area contributed by atoms with Crippen LogP contribution in [0.2, 0.25) is 0 Å². The smallest absolute Gasteiger partial charge is 0.231 e. The molecule has 8 heteroatoms. The Kier molecular flexibility index (Phi) is 5.98. The van der Waals surface area contributed by atoms with E-state index in [-0.39, 0.29) is 18.5 Å². The van der Waals surface area contributed by atoms with Gasteiger partial charge >= 0.3 is 0 Å². The highest BCUT2D eigenvalue weighted by Crippen LogP contribution is 2.33. The number of amides is 1. The number of nitrogens with zero attached hydrogens (tertiary/aromatic N) is 2. The van der Waals surface area contributed by atoms with Gasteiger partial charge in [-0.3, -0.25) is 4.79 Å². The van der Waals surface area contributed by atoms with E-state index in [2.05, 4.69) is 15.3 Å². The molecule has 0 saturated heterocycles. The Hall–Kier alpha value is -2.71. The van der Waals surface area contributed by atoms with Crippen LogP contribution >= 0.6 is 23.5 Å². The van der Waals surface area contributed by atoms with E-state index >= 15 is 0 Å². The SMILES string of the molecule is O=C(CSc1nccnc1Sc1ccccc1)NCc1ccc2c(c1)OCO2. The minimum absolute atomic E-state index is 0.0658. The first-order valence-corrected chi connectivity index (χ1v) is 10.4. The summed E-state index contributed by atoms with van der Waals surface area (Å²) >= 11 is 2.91. The summed E-state index contributed by atoms with van der Waals surface area (Å²) in [5, 5.41) is 4.46. The highest BCUT2D eigenvalue weighted by molar-refractivity contribution is 8.02. The zero-order valence-electron chi connectivity index (χ0n) is 14.8. The second kappa shape index (κ2) is 8.99. The molecule has 1 aliphatic rings. The molecule has 1 N–H and O–H groups in total. The molecule has 1 amide bonds. The summed E-state index contributed by atoms with van der Waals surface area (Å²) in [5.74, 6) is 1.65. The van der Waals surface area contributed by atoms with Gasteiger partial charge in [0.15, 0.2) is 11.5 Å². The average molecular weight is 412 g/mol. The Morgan fingerprint density at radius 1 is 1.00 bits per heavy atom. The van der Waals surface area contributed by atoms with E-state index in [1.165, 1.54) is 23.5 Å². The molecule has 2 aromatic carbocycles. The van der Waals surface area contributed by atoms with E-state index in [9.17, 15) is 4.79 Å². The standard InChI is InChI=1S/C20H17N3O3S2/c24-18(23-11-14-6-7-16-17(10-14)26-13-25-16)12-27-19-20(22-9-8-21-19)28-15-4-2-1-3-5-15/h1-10H,11-13H2,(H,23,24). The zero-order chi connectivity index (χ0) is 19.2. The third-order valence-corrected chi connectivity index (χ3v) is 5.97. The minimum Gasteiger partial charge on any atom is -0.454 e. The first-order valence-electron chi connectivity index (χ1n) is 8.60. The van der Waals surface area contributed by atoms with E-state index in [0.29, 0.717) is 12.3 Å². The maximum atomic E-state index is 12.3. The van der Waals surface area contributed by atoms with Crippen LogP contribution in [0.15, 0.2) is 75.9 Å². The molecule has 142 valence electrons. The van der Waals surface area contributed by atoms with Gasteiger partial charge in [-0.15, -0.1) is 0 Å². The van der Waals surface area contributed by atoms with Crippen molar-refractivity contribution in [3.8, 4) is 11.5 Å². The van der Waals surface area contributed by atoms with Crippen LogP contribution in [0.5, 0.6) is 11.5 Å². The number of fused-ring (bicyclic) bond motifs is 1. The molecule has 0 atom stereocenters. The molecule has 0 fully saturated rings. The summed E-state index contributed by atoms with van der Waals surface area (Å²) in [6, 6.07) is 15.6. The van der Waals surface area contributed by atoms with Crippen LogP contribution in [-0.2, 0) is 11.3 Å². The molecule has 0 radical (unpaired) electrons. The first-order chi connectivity index (χ1) is 13.8. The number of hydrogen-bond acceptors (Lipinski definition) is 7. The van der Waals surface area contributed by atoms with E-state index in [4.69, 9.17) is 9.47 Å². The van der Waals surface area contributed by atoms with Crippen molar-refractivity contribution in [2.45, 2.75) is 21.5 Å². The van der Waals surface area contributed by atoms with Gasteiger partial charge in [0.2, 0.25) is 12.7 Å². The highest BCUT2D eigenvalue weighted by Gasteiger charge is 2.14. The summed E-state index contributed by atoms with van der Waals surface area (Å²) in [6.45, 7) is 0.672. The van der Waals surface area contributed by atoms with Crippen LogP contribution in [0.1, 0.15) is 5.56 Å². The molecule has 0 saturated carbocycles. The lowest BCUT2D eigenvalue weighted by molar-refractivity contribution is -0.118. The molecule has 1 aliphatic heterocycles. The van der Waals surface area contributed by atoms with Gasteiger partial charge in [0, 0.05) is 23.8 Å². The summed E-state index contributed by atoms with van der Waals surface area (Å²) in [4.78, 5) is 22.1. The van der Waals surface area contributed by atoms with Crippen molar-refractivity contribution in [3.05, 3.63) is 66.5 Å². The third-order valence-electron chi connectivity index (χ3n) is 3.86. The van der Waals surface area contributed by atoms with Crippen LogP contribution in [0.25, 0.3) is 0 Å². The van der Waals surface area contributed by atoms with Crippen LogP contribution in [0, 0.1) is 0 Å². The first kappa shape index (κ1) is 18.6. The fourth-order valence-electron chi connectivity index (χ4n) is 2.52. The van der Waals surface area contributed by atoms with Gasteiger partial charge in [-0.05, 0) is 29.8 Å². The lowest BCUT2D eigenvalue weighted by atomic mass is 10.2. The summed E-state index contributed by atoms with van der Waals surface area (Å²) in [6.07, 6.45) is 3.30. The molecule has 0 aliphatic carbocycles. The number of ether oxygens (including phenoxy) is 2. The monoisotopic (exact) mass is 411 g/mol. The van der Waals surface area contributed by atoms with Crippen molar-refractivity contribution in [2.24, 2.45) is 0 Å². The zero-order valence-corrected chi connectivity index (χ0v) is 16.5. The summed E-state index contributed by atoms with van der Waals surface area (Å²) in [7, 11) is 0. The number of carbonyl (C=O) groups is 1. The third kappa shape index (κ3) is 4.76. The lowest BCUT2D eigenvalue weighted by Crippen LogP contribution is -2.24. The predicted octanol–water partition coefficient (Wildman–Crippen LogP) is 3.77. The second-order valence-electron chi connectivity index (χ2n) is 5.83. The second-order valence-corrected chi connectivity index (χ2v) is 7.86. The number of carbonyl (C=O) groups excluding carboxylic acids is 1. The topological polar surface area (TPSA) is 73.3 Å². The number of benzene rings is 2. The molecular weight excluding hydrogens is 394 g/mol. The number of hydrogen-bond donors (Lipinski definition) is 1. The normalized spacial score (nSPS) is 12.0. The Morgan fingerprint density at radius 2 is 1.79 bits per heavy atom. The summed E-state index contributed by atoms with van der Waals surface area (Å²) < 4.78 is 10.6. The number of aromatic nitrogens is 2. The Bertz CT molecular complexity index is 970. The van der Waals surface area contributed by atoms with E-state index in [1.807, 2.05) is 48.5 Å². The van der Waals surface area contributed by atoms with Crippen LogP contribution < -0.4 is 14.8 Å². The van der Waals surface area contributed by atoms with Gasteiger partial charge in [-0.1, -0.05) is 47.8 Å². The molecule has 28 heavy (non-hydrogen) atoms. The molecular formula is C20H17N3O3S2. The van der Waals surface area contributed by atoms with Crippen LogP contribution in [0.4, 0.5) is 0 Å². The van der Waals surface area contributed by atoms with Crippen molar-refractivity contribution in [1.82, 2.24) is 15.3 Å². The fourth-order valence-corrected chi connectivity index (χ4v) is 4.27. The number of thioether (sulfide) groups is 1. The van der Waals surface area contributed by atoms with Crippen molar-refractivity contribution in [3.63, 3.8) is 0 Å².